The number of rotatable bonds is 4. The maximum absolute atomic E-state index is 6.05. The second-order valence-corrected chi connectivity index (χ2v) is 5.05. The van der Waals surface area contributed by atoms with Crippen molar-refractivity contribution in [2.45, 2.75) is 20.5 Å². The molecule has 0 radical (unpaired) electrons. The second kappa shape index (κ2) is 5.79. The van der Waals surface area contributed by atoms with E-state index in [-0.39, 0.29) is 0 Å². The van der Waals surface area contributed by atoms with E-state index in [2.05, 4.69) is 57.1 Å². The zero-order valence-electron chi connectivity index (χ0n) is 12.1. The predicted octanol–water partition coefficient (Wildman–Crippen LogP) is 3.95. The second-order valence-electron chi connectivity index (χ2n) is 5.05. The molecule has 19 heavy (non-hydrogen) atoms. The SMILES string of the molecule is Cc1ccc(C)c(N(C)C)c1OCc1ccccc1. The average molecular weight is 255 g/mol. The van der Waals surface area contributed by atoms with Gasteiger partial charge in [-0.25, -0.2) is 0 Å². The van der Waals surface area contributed by atoms with E-state index in [4.69, 9.17) is 4.74 Å². The minimum absolute atomic E-state index is 0.603. The van der Waals surface area contributed by atoms with Crippen LogP contribution >= 0.6 is 0 Å². The standard InChI is InChI=1S/C17H21NO/c1-13-10-11-14(2)17(16(13)18(3)4)19-12-15-8-6-5-7-9-15/h5-11H,12H2,1-4H3. The van der Waals surface area contributed by atoms with Crippen molar-refractivity contribution in [1.29, 1.82) is 0 Å². The third-order valence-corrected chi connectivity index (χ3v) is 3.20. The van der Waals surface area contributed by atoms with Crippen LogP contribution in [0, 0.1) is 13.8 Å². The summed E-state index contributed by atoms with van der Waals surface area (Å²) in [6, 6.07) is 14.5. The van der Waals surface area contributed by atoms with E-state index in [0.717, 1.165) is 11.4 Å². The van der Waals surface area contributed by atoms with Gasteiger partial charge in [0.05, 0.1) is 5.69 Å². The first-order chi connectivity index (χ1) is 9.09. The molecule has 0 aliphatic heterocycles. The van der Waals surface area contributed by atoms with Crippen molar-refractivity contribution in [3.05, 3.63) is 59.2 Å². The Morgan fingerprint density at radius 2 is 1.53 bits per heavy atom. The van der Waals surface area contributed by atoms with Gasteiger partial charge in [-0.1, -0.05) is 42.5 Å². The third-order valence-electron chi connectivity index (χ3n) is 3.20. The topological polar surface area (TPSA) is 12.5 Å². The predicted molar refractivity (Wildman–Crippen MR) is 81.0 cm³/mol. The molecular weight excluding hydrogens is 234 g/mol. The van der Waals surface area contributed by atoms with Crippen LogP contribution in [0.2, 0.25) is 0 Å². The first kappa shape index (κ1) is 13.5. The average Bonchev–Trinajstić information content (AvgIpc) is 2.40. The van der Waals surface area contributed by atoms with Gasteiger partial charge in [0.2, 0.25) is 0 Å². The molecule has 2 heteroatoms. The van der Waals surface area contributed by atoms with E-state index in [0.29, 0.717) is 6.61 Å². The Balaban J connectivity index is 2.27. The molecule has 0 saturated carbocycles. The monoisotopic (exact) mass is 255 g/mol. The van der Waals surface area contributed by atoms with Gasteiger partial charge in [-0.3, -0.25) is 0 Å². The van der Waals surface area contributed by atoms with E-state index in [1.807, 2.05) is 18.2 Å². The molecule has 0 unspecified atom stereocenters. The summed E-state index contributed by atoms with van der Waals surface area (Å²) in [5.41, 5.74) is 4.76. The van der Waals surface area contributed by atoms with Crippen LogP contribution in [0.5, 0.6) is 5.75 Å². The van der Waals surface area contributed by atoms with Crippen LogP contribution < -0.4 is 9.64 Å². The van der Waals surface area contributed by atoms with E-state index >= 15 is 0 Å². The van der Waals surface area contributed by atoms with Crippen molar-refractivity contribution >= 4 is 5.69 Å². The highest BCUT2D eigenvalue weighted by atomic mass is 16.5. The van der Waals surface area contributed by atoms with Crippen LogP contribution in [-0.2, 0) is 6.61 Å². The molecule has 100 valence electrons. The molecule has 2 nitrogen and oxygen atoms in total. The van der Waals surface area contributed by atoms with Crippen molar-refractivity contribution in [1.82, 2.24) is 0 Å². The van der Waals surface area contributed by atoms with Crippen LogP contribution in [0.25, 0.3) is 0 Å². The highest BCUT2D eigenvalue weighted by Crippen LogP contribution is 2.34. The quantitative estimate of drug-likeness (QED) is 0.820. The minimum atomic E-state index is 0.603. The van der Waals surface area contributed by atoms with Crippen LogP contribution in [0.15, 0.2) is 42.5 Å². The molecule has 2 rings (SSSR count). The number of nitrogens with zero attached hydrogens (tertiary/aromatic N) is 1. The summed E-state index contributed by atoms with van der Waals surface area (Å²) >= 11 is 0. The summed E-state index contributed by atoms with van der Waals surface area (Å²) in [5, 5.41) is 0. The smallest absolute Gasteiger partial charge is 0.146 e. The van der Waals surface area contributed by atoms with Gasteiger partial charge in [-0.15, -0.1) is 0 Å². The summed E-state index contributed by atoms with van der Waals surface area (Å²) in [6.07, 6.45) is 0. The molecular formula is C17H21NO. The van der Waals surface area contributed by atoms with Crippen molar-refractivity contribution in [3.63, 3.8) is 0 Å². The normalized spacial score (nSPS) is 10.3. The van der Waals surface area contributed by atoms with Crippen LogP contribution in [0.1, 0.15) is 16.7 Å². The van der Waals surface area contributed by atoms with Crippen LogP contribution in [-0.4, -0.2) is 14.1 Å². The summed E-state index contributed by atoms with van der Waals surface area (Å²) in [4.78, 5) is 2.11. The lowest BCUT2D eigenvalue weighted by Gasteiger charge is -2.22. The number of ether oxygens (including phenoxy) is 1. The van der Waals surface area contributed by atoms with Crippen molar-refractivity contribution in [2.75, 3.05) is 19.0 Å². The Hall–Kier alpha value is -1.96. The molecule has 0 fully saturated rings. The Bertz CT molecular complexity index is 547. The Kier molecular flexibility index (Phi) is 4.10. The molecule has 2 aromatic carbocycles. The fourth-order valence-corrected chi connectivity index (χ4v) is 2.24. The maximum Gasteiger partial charge on any atom is 0.146 e. The Morgan fingerprint density at radius 1 is 0.895 bits per heavy atom. The molecule has 0 spiro atoms. The molecule has 2 aromatic rings. The molecule has 0 aliphatic carbocycles. The zero-order valence-corrected chi connectivity index (χ0v) is 12.1. The highest BCUT2D eigenvalue weighted by molar-refractivity contribution is 5.65. The van der Waals surface area contributed by atoms with Crippen molar-refractivity contribution in [3.8, 4) is 5.75 Å². The molecule has 0 bridgehead atoms. The van der Waals surface area contributed by atoms with Gasteiger partial charge >= 0.3 is 0 Å². The van der Waals surface area contributed by atoms with Crippen LogP contribution in [0.3, 0.4) is 0 Å². The molecule has 0 N–H and O–H groups in total. The van der Waals surface area contributed by atoms with Gasteiger partial charge in [-0.05, 0) is 30.5 Å². The molecule has 0 amide bonds. The molecule has 0 heterocycles. The summed E-state index contributed by atoms with van der Waals surface area (Å²) in [5.74, 6) is 0.980. The summed E-state index contributed by atoms with van der Waals surface area (Å²) in [6.45, 7) is 4.81. The lowest BCUT2D eigenvalue weighted by molar-refractivity contribution is 0.304. The van der Waals surface area contributed by atoms with Gasteiger partial charge in [0, 0.05) is 14.1 Å². The van der Waals surface area contributed by atoms with Gasteiger partial charge in [0.25, 0.3) is 0 Å². The fourth-order valence-electron chi connectivity index (χ4n) is 2.24. The first-order valence-electron chi connectivity index (χ1n) is 6.54. The Morgan fingerprint density at radius 3 is 2.16 bits per heavy atom. The Labute approximate surface area is 115 Å². The van der Waals surface area contributed by atoms with Crippen molar-refractivity contribution < 1.29 is 4.74 Å². The van der Waals surface area contributed by atoms with E-state index in [1.165, 1.54) is 16.7 Å². The number of hydrogen-bond acceptors (Lipinski definition) is 2. The third kappa shape index (κ3) is 3.08. The number of anilines is 1. The van der Waals surface area contributed by atoms with E-state index < -0.39 is 0 Å². The fraction of sp³-hybridized carbons (Fsp3) is 0.294. The van der Waals surface area contributed by atoms with Gasteiger partial charge in [-0.2, -0.15) is 0 Å². The summed E-state index contributed by atoms with van der Waals surface area (Å²) < 4.78 is 6.05. The molecule has 0 saturated heterocycles. The van der Waals surface area contributed by atoms with E-state index in [9.17, 15) is 0 Å². The number of aryl methyl sites for hydroxylation is 2. The zero-order chi connectivity index (χ0) is 13.8. The first-order valence-corrected chi connectivity index (χ1v) is 6.54. The molecule has 0 aromatic heterocycles. The number of benzene rings is 2. The summed E-state index contributed by atoms with van der Waals surface area (Å²) in [7, 11) is 4.11. The lowest BCUT2D eigenvalue weighted by atomic mass is 10.1. The minimum Gasteiger partial charge on any atom is -0.486 e. The van der Waals surface area contributed by atoms with Crippen molar-refractivity contribution in [2.24, 2.45) is 0 Å². The van der Waals surface area contributed by atoms with E-state index in [1.54, 1.807) is 0 Å². The largest absolute Gasteiger partial charge is 0.486 e. The highest BCUT2D eigenvalue weighted by Gasteiger charge is 2.12. The van der Waals surface area contributed by atoms with Crippen LogP contribution in [0.4, 0.5) is 5.69 Å². The lowest BCUT2D eigenvalue weighted by Crippen LogP contribution is -2.13. The van der Waals surface area contributed by atoms with Gasteiger partial charge < -0.3 is 9.64 Å². The molecule has 0 aliphatic rings. The van der Waals surface area contributed by atoms with Gasteiger partial charge in [0.15, 0.2) is 0 Å². The van der Waals surface area contributed by atoms with Gasteiger partial charge in [0.1, 0.15) is 12.4 Å². The molecule has 0 atom stereocenters. The number of hydrogen-bond donors (Lipinski definition) is 0. The maximum atomic E-state index is 6.05.